The molecule has 0 spiro atoms. The summed E-state index contributed by atoms with van der Waals surface area (Å²) in [5.41, 5.74) is 0.0488. The number of benzene rings is 1. The van der Waals surface area contributed by atoms with E-state index in [2.05, 4.69) is 15.3 Å². The molecule has 1 aromatic heterocycles. The van der Waals surface area contributed by atoms with Gasteiger partial charge in [-0.15, -0.1) is 0 Å². The van der Waals surface area contributed by atoms with Gasteiger partial charge in [0.25, 0.3) is 5.56 Å². The van der Waals surface area contributed by atoms with Gasteiger partial charge in [0.15, 0.2) is 0 Å². The highest BCUT2D eigenvalue weighted by Gasteiger charge is 2.18. The molecule has 2 amide bonds. The van der Waals surface area contributed by atoms with Crippen LogP contribution in [0.5, 0.6) is 0 Å². The molecule has 2 rings (SSSR count). The fraction of sp³-hybridized carbons (Fsp3) is 0.444. The van der Waals surface area contributed by atoms with Crippen LogP contribution in [0.4, 0.5) is 0 Å². The number of aryl methyl sites for hydroxylation is 1. The van der Waals surface area contributed by atoms with Crippen LogP contribution in [0.3, 0.4) is 0 Å². The molecule has 0 aliphatic carbocycles. The molecule has 0 fully saturated rings. The van der Waals surface area contributed by atoms with E-state index in [4.69, 9.17) is 0 Å². The standard InChI is InChI=1S/C18H24N4O3/c1-18(2,3)21-15(23)11-22(4)16(24)10-9-14-19-13-8-6-5-7-12(13)17(25)20-14/h5-8H,9-11H2,1-4H3,(H,21,23)(H,19,20,25). The molecule has 1 heterocycles. The fourth-order valence-corrected chi connectivity index (χ4v) is 2.43. The van der Waals surface area contributed by atoms with Gasteiger partial charge in [-0.2, -0.15) is 0 Å². The summed E-state index contributed by atoms with van der Waals surface area (Å²) in [6.45, 7) is 5.65. The van der Waals surface area contributed by atoms with Crippen molar-refractivity contribution in [3.8, 4) is 0 Å². The number of nitrogens with zero attached hydrogens (tertiary/aromatic N) is 2. The van der Waals surface area contributed by atoms with Gasteiger partial charge in [-0.25, -0.2) is 4.98 Å². The molecule has 1 aromatic carbocycles. The maximum Gasteiger partial charge on any atom is 0.258 e. The lowest BCUT2D eigenvalue weighted by molar-refractivity contribution is -0.135. The minimum absolute atomic E-state index is 0.00221. The Morgan fingerprint density at radius 3 is 2.60 bits per heavy atom. The largest absolute Gasteiger partial charge is 0.350 e. The number of H-pyrrole nitrogens is 1. The number of rotatable bonds is 5. The number of likely N-dealkylation sites (N-methyl/N-ethyl adjacent to an activating group) is 1. The summed E-state index contributed by atoms with van der Waals surface area (Å²) in [4.78, 5) is 44.5. The van der Waals surface area contributed by atoms with Gasteiger partial charge in [-0.1, -0.05) is 12.1 Å². The second kappa shape index (κ2) is 7.46. The quantitative estimate of drug-likeness (QED) is 0.853. The molecule has 0 saturated heterocycles. The van der Waals surface area contributed by atoms with Gasteiger partial charge in [0.1, 0.15) is 5.82 Å². The van der Waals surface area contributed by atoms with E-state index in [1.165, 1.54) is 4.90 Å². The van der Waals surface area contributed by atoms with Gasteiger partial charge in [0.05, 0.1) is 17.4 Å². The average Bonchev–Trinajstić information content (AvgIpc) is 2.50. The maximum atomic E-state index is 12.2. The van der Waals surface area contributed by atoms with E-state index < -0.39 is 0 Å². The summed E-state index contributed by atoms with van der Waals surface area (Å²) in [6.07, 6.45) is 0.477. The molecule has 0 unspecified atom stereocenters. The van der Waals surface area contributed by atoms with Crippen molar-refractivity contribution >= 4 is 22.7 Å². The molecule has 0 aliphatic heterocycles. The molecule has 2 N–H and O–H groups in total. The molecule has 7 nitrogen and oxygen atoms in total. The van der Waals surface area contributed by atoms with E-state index >= 15 is 0 Å². The van der Waals surface area contributed by atoms with Crippen LogP contribution in [0.1, 0.15) is 33.0 Å². The van der Waals surface area contributed by atoms with Crippen LogP contribution in [-0.4, -0.2) is 45.8 Å². The number of nitrogens with one attached hydrogen (secondary N) is 2. The molecule has 0 aliphatic rings. The topological polar surface area (TPSA) is 95.2 Å². The summed E-state index contributed by atoms with van der Waals surface area (Å²) in [6, 6.07) is 7.06. The zero-order valence-corrected chi connectivity index (χ0v) is 15.0. The minimum Gasteiger partial charge on any atom is -0.350 e. The van der Waals surface area contributed by atoms with E-state index in [0.717, 1.165) is 0 Å². The molecule has 0 atom stereocenters. The lowest BCUT2D eigenvalue weighted by Crippen LogP contribution is -2.46. The molecule has 134 valence electrons. The summed E-state index contributed by atoms with van der Waals surface area (Å²) >= 11 is 0. The Morgan fingerprint density at radius 2 is 1.92 bits per heavy atom. The highest BCUT2D eigenvalue weighted by Crippen LogP contribution is 2.07. The first kappa shape index (κ1) is 18.6. The molecule has 7 heteroatoms. The number of amides is 2. The number of carbonyl (C=O) groups is 2. The van der Waals surface area contributed by atoms with Crippen molar-refractivity contribution in [2.24, 2.45) is 0 Å². The van der Waals surface area contributed by atoms with E-state index in [9.17, 15) is 14.4 Å². The Kier molecular flexibility index (Phi) is 5.56. The van der Waals surface area contributed by atoms with Gasteiger partial charge in [0, 0.05) is 25.4 Å². The van der Waals surface area contributed by atoms with E-state index in [1.807, 2.05) is 26.8 Å². The van der Waals surface area contributed by atoms with Crippen LogP contribution in [-0.2, 0) is 16.0 Å². The third-order valence-electron chi connectivity index (χ3n) is 3.56. The number of hydrogen-bond donors (Lipinski definition) is 2. The first-order valence-electron chi connectivity index (χ1n) is 8.18. The van der Waals surface area contributed by atoms with Gasteiger partial charge in [0.2, 0.25) is 11.8 Å². The summed E-state index contributed by atoms with van der Waals surface area (Å²) in [5.74, 6) is 0.0741. The molecule has 2 aromatic rings. The molecular weight excluding hydrogens is 320 g/mol. The molecular formula is C18H24N4O3. The van der Waals surface area contributed by atoms with Crippen LogP contribution in [0.2, 0.25) is 0 Å². The maximum absolute atomic E-state index is 12.2. The zero-order chi connectivity index (χ0) is 18.6. The predicted molar refractivity (Wildman–Crippen MR) is 96.2 cm³/mol. The van der Waals surface area contributed by atoms with Crippen molar-refractivity contribution in [3.63, 3.8) is 0 Å². The first-order chi connectivity index (χ1) is 11.7. The Hall–Kier alpha value is -2.70. The normalized spacial score (nSPS) is 11.4. The molecule has 25 heavy (non-hydrogen) atoms. The summed E-state index contributed by atoms with van der Waals surface area (Å²) in [5, 5.41) is 3.34. The monoisotopic (exact) mass is 344 g/mol. The lowest BCUT2D eigenvalue weighted by atomic mass is 10.1. The van der Waals surface area contributed by atoms with Crippen molar-refractivity contribution in [1.82, 2.24) is 20.2 Å². The number of fused-ring (bicyclic) bond motifs is 1. The summed E-state index contributed by atoms with van der Waals surface area (Å²) in [7, 11) is 1.58. The zero-order valence-electron chi connectivity index (χ0n) is 15.0. The second-order valence-electron chi connectivity index (χ2n) is 7.08. The number of para-hydroxylation sites is 1. The Bertz CT molecular complexity index is 836. The Morgan fingerprint density at radius 1 is 1.24 bits per heavy atom. The van der Waals surface area contributed by atoms with Crippen LogP contribution in [0, 0.1) is 0 Å². The third kappa shape index (κ3) is 5.41. The second-order valence-corrected chi connectivity index (χ2v) is 7.08. The first-order valence-corrected chi connectivity index (χ1v) is 8.18. The number of carbonyl (C=O) groups excluding carboxylic acids is 2. The van der Waals surface area contributed by atoms with Crippen LogP contribution >= 0.6 is 0 Å². The van der Waals surface area contributed by atoms with Crippen molar-refractivity contribution in [2.45, 2.75) is 39.2 Å². The van der Waals surface area contributed by atoms with Gasteiger partial charge in [-0.05, 0) is 32.9 Å². The molecule has 0 saturated carbocycles. The summed E-state index contributed by atoms with van der Waals surface area (Å²) < 4.78 is 0. The van der Waals surface area contributed by atoms with E-state index in [0.29, 0.717) is 23.1 Å². The Labute approximate surface area is 146 Å². The van der Waals surface area contributed by atoms with Crippen molar-refractivity contribution in [1.29, 1.82) is 0 Å². The molecule has 0 radical (unpaired) electrons. The highest BCUT2D eigenvalue weighted by atomic mass is 16.2. The van der Waals surface area contributed by atoms with Crippen molar-refractivity contribution in [3.05, 3.63) is 40.4 Å². The van der Waals surface area contributed by atoms with Crippen LogP contribution < -0.4 is 10.9 Å². The van der Waals surface area contributed by atoms with E-state index in [-0.39, 0.29) is 35.9 Å². The smallest absolute Gasteiger partial charge is 0.258 e. The number of aromatic nitrogens is 2. The van der Waals surface area contributed by atoms with Gasteiger partial charge >= 0.3 is 0 Å². The number of hydrogen-bond acceptors (Lipinski definition) is 4. The highest BCUT2D eigenvalue weighted by molar-refractivity contribution is 5.85. The SMILES string of the molecule is CN(CC(=O)NC(C)(C)C)C(=O)CCc1nc2ccccc2c(=O)[nH]1. The third-order valence-corrected chi connectivity index (χ3v) is 3.56. The lowest BCUT2D eigenvalue weighted by Gasteiger charge is -2.23. The average molecular weight is 344 g/mol. The van der Waals surface area contributed by atoms with E-state index in [1.54, 1.807) is 25.2 Å². The predicted octanol–water partition coefficient (Wildman–Crippen LogP) is 1.23. The number of aromatic amines is 1. The Balaban J connectivity index is 1.95. The fourth-order valence-electron chi connectivity index (χ4n) is 2.43. The van der Waals surface area contributed by atoms with Crippen molar-refractivity contribution < 1.29 is 9.59 Å². The van der Waals surface area contributed by atoms with Gasteiger partial charge < -0.3 is 15.2 Å². The molecule has 0 bridgehead atoms. The van der Waals surface area contributed by atoms with Gasteiger partial charge in [-0.3, -0.25) is 14.4 Å². The van der Waals surface area contributed by atoms with Crippen LogP contribution in [0.15, 0.2) is 29.1 Å². The van der Waals surface area contributed by atoms with Crippen molar-refractivity contribution in [2.75, 3.05) is 13.6 Å². The van der Waals surface area contributed by atoms with Crippen LogP contribution in [0.25, 0.3) is 10.9 Å². The minimum atomic E-state index is -0.338.